The molecule has 0 aromatic heterocycles. The van der Waals surface area contributed by atoms with Crippen molar-refractivity contribution < 1.29 is 9.59 Å². The minimum atomic E-state index is -0.448. The largest absolute Gasteiger partial charge is 0.368 e. The molecule has 6 nitrogen and oxygen atoms in total. The summed E-state index contributed by atoms with van der Waals surface area (Å²) in [5.41, 5.74) is 5.47. The number of hydrogen-bond donors (Lipinski definition) is 2. The lowest BCUT2D eigenvalue weighted by atomic mass is 10.1. The molecule has 2 aliphatic rings. The SMILES string of the molecule is NC(=O)C(CC(=O)N1CCCCC1)N1CCNCC1. The fraction of sp³-hybridized carbons (Fsp3) is 0.846. The summed E-state index contributed by atoms with van der Waals surface area (Å²) in [5, 5.41) is 3.24. The van der Waals surface area contributed by atoms with Gasteiger partial charge in [0.25, 0.3) is 0 Å². The van der Waals surface area contributed by atoms with Crippen molar-refractivity contribution in [1.29, 1.82) is 0 Å². The van der Waals surface area contributed by atoms with Crippen LogP contribution in [0.4, 0.5) is 0 Å². The second-order valence-electron chi connectivity index (χ2n) is 5.35. The lowest BCUT2D eigenvalue weighted by Gasteiger charge is -2.34. The number of hydrogen-bond acceptors (Lipinski definition) is 4. The monoisotopic (exact) mass is 268 g/mol. The second kappa shape index (κ2) is 6.86. The molecule has 0 saturated carbocycles. The minimum absolute atomic E-state index is 0.0713. The zero-order chi connectivity index (χ0) is 13.7. The molecule has 2 rings (SSSR count). The topological polar surface area (TPSA) is 78.7 Å². The molecular formula is C13H24N4O2. The van der Waals surface area contributed by atoms with Crippen LogP contribution in [-0.4, -0.2) is 66.9 Å². The van der Waals surface area contributed by atoms with E-state index in [4.69, 9.17) is 5.73 Å². The van der Waals surface area contributed by atoms with E-state index in [1.54, 1.807) is 0 Å². The van der Waals surface area contributed by atoms with E-state index in [9.17, 15) is 9.59 Å². The number of primary amides is 1. The van der Waals surface area contributed by atoms with Crippen molar-refractivity contribution in [1.82, 2.24) is 15.1 Å². The Morgan fingerprint density at radius 2 is 1.68 bits per heavy atom. The van der Waals surface area contributed by atoms with Crippen molar-refractivity contribution in [2.45, 2.75) is 31.7 Å². The first-order valence-electron chi connectivity index (χ1n) is 7.20. The van der Waals surface area contributed by atoms with Gasteiger partial charge in [0.1, 0.15) is 0 Å². The third-order valence-corrected chi connectivity index (χ3v) is 4.00. The van der Waals surface area contributed by atoms with Gasteiger partial charge in [-0.05, 0) is 19.3 Å². The molecule has 3 N–H and O–H groups in total. The van der Waals surface area contributed by atoms with Crippen LogP contribution >= 0.6 is 0 Å². The standard InChI is InChI=1S/C13H24N4O2/c14-13(19)11(16-8-4-15-5-9-16)10-12(18)17-6-2-1-3-7-17/h11,15H,1-10H2,(H2,14,19). The number of nitrogens with zero attached hydrogens (tertiary/aromatic N) is 2. The molecule has 6 heteroatoms. The quantitative estimate of drug-likeness (QED) is 0.696. The average molecular weight is 268 g/mol. The van der Waals surface area contributed by atoms with Crippen LogP contribution in [0.2, 0.25) is 0 Å². The Hall–Kier alpha value is -1.14. The maximum atomic E-state index is 12.2. The Labute approximate surface area is 114 Å². The summed E-state index contributed by atoms with van der Waals surface area (Å²) in [6, 6.07) is -0.448. The number of nitrogens with two attached hydrogens (primary N) is 1. The highest BCUT2D eigenvalue weighted by molar-refractivity contribution is 5.87. The number of nitrogens with one attached hydrogen (secondary N) is 1. The van der Waals surface area contributed by atoms with Crippen molar-refractivity contribution in [2.24, 2.45) is 5.73 Å². The molecular weight excluding hydrogens is 244 g/mol. The number of piperazine rings is 1. The van der Waals surface area contributed by atoms with Crippen molar-refractivity contribution >= 4 is 11.8 Å². The van der Waals surface area contributed by atoms with Gasteiger partial charge in [0.05, 0.1) is 12.5 Å². The predicted octanol–water partition coefficient (Wildman–Crippen LogP) is -0.852. The Bertz CT molecular complexity index is 323. The summed E-state index contributed by atoms with van der Waals surface area (Å²) in [7, 11) is 0. The van der Waals surface area contributed by atoms with Gasteiger partial charge in [0.2, 0.25) is 11.8 Å². The molecule has 0 aromatic carbocycles. The summed E-state index contributed by atoms with van der Waals surface area (Å²) in [6.45, 7) is 4.91. The number of amides is 2. The van der Waals surface area contributed by atoms with E-state index in [1.165, 1.54) is 6.42 Å². The average Bonchev–Trinajstić information content (AvgIpc) is 2.46. The molecule has 0 aliphatic carbocycles. The Morgan fingerprint density at radius 1 is 1.05 bits per heavy atom. The van der Waals surface area contributed by atoms with Gasteiger partial charge in [-0.3, -0.25) is 14.5 Å². The summed E-state index contributed by atoms with van der Waals surface area (Å²) in [5.74, 6) is -0.311. The molecule has 2 amide bonds. The number of piperidine rings is 1. The van der Waals surface area contributed by atoms with Crippen molar-refractivity contribution in [3.8, 4) is 0 Å². The zero-order valence-corrected chi connectivity index (χ0v) is 11.4. The number of likely N-dealkylation sites (tertiary alicyclic amines) is 1. The van der Waals surface area contributed by atoms with Crippen LogP contribution in [0.1, 0.15) is 25.7 Å². The maximum absolute atomic E-state index is 12.2. The first-order valence-corrected chi connectivity index (χ1v) is 7.20. The van der Waals surface area contributed by atoms with Crippen molar-refractivity contribution in [3.63, 3.8) is 0 Å². The third kappa shape index (κ3) is 3.91. The minimum Gasteiger partial charge on any atom is -0.368 e. The highest BCUT2D eigenvalue weighted by Gasteiger charge is 2.29. The number of carbonyl (C=O) groups excluding carboxylic acids is 2. The summed E-state index contributed by atoms with van der Waals surface area (Å²) >= 11 is 0. The van der Waals surface area contributed by atoms with Crippen molar-refractivity contribution in [2.75, 3.05) is 39.3 Å². The number of rotatable bonds is 4. The van der Waals surface area contributed by atoms with E-state index in [-0.39, 0.29) is 18.2 Å². The van der Waals surface area contributed by atoms with Crippen molar-refractivity contribution in [3.05, 3.63) is 0 Å². The first-order chi connectivity index (χ1) is 9.18. The van der Waals surface area contributed by atoms with E-state index in [0.717, 1.165) is 52.1 Å². The van der Waals surface area contributed by atoms with Gasteiger partial charge in [-0.25, -0.2) is 0 Å². The second-order valence-corrected chi connectivity index (χ2v) is 5.35. The van der Waals surface area contributed by atoms with Gasteiger partial charge >= 0.3 is 0 Å². The molecule has 0 spiro atoms. The Balaban J connectivity index is 1.91. The van der Waals surface area contributed by atoms with E-state index < -0.39 is 6.04 Å². The lowest BCUT2D eigenvalue weighted by Crippen LogP contribution is -2.54. The maximum Gasteiger partial charge on any atom is 0.235 e. The molecule has 2 saturated heterocycles. The Morgan fingerprint density at radius 3 is 2.26 bits per heavy atom. The van der Waals surface area contributed by atoms with Gasteiger partial charge < -0.3 is 16.0 Å². The molecule has 0 bridgehead atoms. The highest BCUT2D eigenvalue weighted by atomic mass is 16.2. The van der Waals surface area contributed by atoms with Crippen LogP contribution in [0.3, 0.4) is 0 Å². The highest BCUT2D eigenvalue weighted by Crippen LogP contribution is 2.13. The number of carbonyl (C=O) groups is 2. The van der Waals surface area contributed by atoms with Crippen LogP contribution in [0.5, 0.6) is 0 Å². The fourth-order valence-corrected chi connectivity index (χ4v) is 2.84. The first kappa shape index (κ1) is 14.3. The summed E-state index contributed by atoms with van der Waals surface area (Å²) < 4.78 is 0. The molecule has 108 valence electrons. The van der Waals surface area contributed by atoms with Gasteiger partial charge in [-0.1, -0.05) is 0 Å². The van der Waals surface area contributed by atoms with Gasteiger partial charge in [-0.2, -0.15) is 0 Å². The molecule has 2 fully saturated rings. The molecule has 1 unspecified atom stereocenters. The molecule has 0 radical (unpaired) electrons. The molecule has 19 heavy (non-hydrogen) atoms. The normalized spacial score (nSPS) is 23.1. The van der Waals surface area contributed by atoms with E-state index >= 15 is 0 Å². The predicted molar refractivity (Wildman–Crippen MR) is 72.5 cm³/mol. The van der Waals surface area contributed by atoms with E-state index in [1.807, 2.05) is 9.80 Å². The van der Waals surface area contributed by atoms with E-state index in [2.05, 4.69) is 5.32 Å². The lowest BCUT2D eigenvalue weighted by molar-refractivity contribution is -0.137. The van der Waals surface area contributed by atoms with Gasteiger partial charge in [-0.15, -0.1) is 0 Å². The fourth-order valence-electron chi connectivity index (χ4n) is 2.84. The summed E-state index contributed by atoms with van der Waals surface area (Å²) in [6.07, 6.45) is 3.57. The summed E-state index contributed by atoms with van der Waals surface area (Å²) in [4.78, 5) is 27.7. The molecule has 0 aromatic rings. The molecule has 2 heterocycles. The van der Waals surface area contributed by atoms with E-state index in [0.29, 0.717) is 0 Å². The molecule has 2 aliphatic heterocycles. The third-order valence-electron chi connectivity index (χ3n) is 4.00. The van der Waals surface area contributed by atoms with Crippen LogP contribution in [0.25, 0.3) is 0 Å². The van der Waals surface area contributed by atoms with Crippen LogP contribution in [0.15, 0.2) is 0 Å². The van der Waals surface area contributed by atoms with Crippen LogP contribution in [0, 0.1) is 0 Å². The molecule has 1 atom stereocenters. The van der Waals surface area contributed by atoms with Gasteiger partial charge in [0.15, 0.2) is 0 Å². The van der Waals surface area contributed by atoms with Crippen LogP contribution < -0.4 is 11.1 Å². The smallest absolute Gasteiger partial charge is 0.235 e. The Kier molecular flexibility index (Phi) is 5.15. The zero-order valence-electron chi connectivity index (χ0n) is 11.4. The van der Waals surface area contributed by atoms with Gasteiger partial charge in [0, 0.05) is 39.3 Å². The van der Waals surface area contributed by atoms with Crippen LogP contribution in [-0.2, 0) is 9.59 Å².